The lowest BCUT2D eigenvalue weighted by molar-refractivity contribution is 0.300. The Morgan fingerprint density at radius 2 is 2.00 bits per heavy atom. The lowest BCUT2D eigenvalue weighted by Crippen LogP contribution is -2.09. The van der Waals surface area contributed by atoms with Gasteiger partial charge in [0.05, 0.1) is 6.26 Å². The van der Waals surface area contributed by atoms with Gasteiger partial charge in [0.15, 0.2) is 0 Å². The fourth-order valence-electron chi connectivity index (χ4n) is 2.04. The molecule has 4 nitrogen and oxygen atoms in total. The predicted molar refractivity (Wildman–Crippen MR) is 73.7 cm³/mol. The lowest BCUT2D eigenvalue weighted by Gasteiger charge is -2.14. The summed E-state index contributed by atoms with van der Waals surface area (Å²) < 4.78 is 5.46. The minimum absolute atomic E-state index is 0.0968. The molecule has 18 heavy (non-hydrogen) atoms. The molecule has 0 atom stereocenters. The summed E-state index contributed by atoms with van der Waals surface area (Å²) in [6.07, 6.45) is 2.22. The molecule has 4 heteroatoms. The topological polar surface area (TPSA) is 62.6 Å². The third kappa shape index (κ3) is 2.19. The van der Waals surface area contributed by atoms with Gasteiger partial charge in [-0.2, -0.15) is 0 Å². The van der Waals surface area contributed by atoms with Gasteiger partial charge in [-0.25, -0.2) is 0 Å². The van der Waals surface area contributed by atoms with Gasteiger partial charge in [0.2, 0.25) is 5.88 Å². The number of para-hydroxylation sites is 1. The van der Waals surface area contributed by atoms with Crippen LogP contribution < -0.4 is 10.6 Å². The van der Waals surface area contributed by atoms with Crippen molar-refractivity contribution in [3.05, 3.63) is 36.1 Å². The molecule has 3 N–H and O–H groups in total. The van der Waals surface area contributed by atoms with Gasteiger partial charge in [-0.3, -0.25) is 0 Å². The molecule has 0 saturated carbocycles. The fraction of sp³-hybridized carbons (Fsp3) is 0.286. The van der Waals surface area contributed by atoms with E-state index < -0.39 is 0 Å². The van der Waals surface area contributed by atoms with E-state index in [2.05, 4.69) is 0 Å². The van der Waals surface area contributed by atoms with Gasteiger partial charge in [-0.05, 0) is 18.1 Å². The number of hydrogen-bond acceptors (Lipinski definition) is 4. The monoisotopic (exact) mass is 246 g/mol. The second-order valence-electron chi connectivity index (χ2n) is 4.39. The molecule has 0 saturated heterocycles. The normalized spacial score (nSPS) is 10.6. The summed E-state index contributed by atoms with van der Waals surface area (Å²) in [4.78, 5) is 1.91. The molecule has 0 radical (unpaired) electrons. The number of hydrogen-bond donors (Lipinski definition) is 2. The highest BCUT2D eigenvalue weighted by Gasteiger charge is 2.14. The van der Waals surface area contributed by atoms with Gasteiger partial charge in [0.25, 0.3) is 0 Å². The standard InChI is InChI=1S/C14H18N2O2/c1-16(2)14-12(7-9-18-14)11-5-3-4-10(6-8-17)13(11)15/h3-5,7,9,17H,6,8,15H2,1-2H3. The summed E-state index contributed by atoms with van der Waals surface area (Å²) in [5.41, 5.74) is 9.73. The van der Waals surface area contributed by atoms with E-state index in [9.17, 15) is 0 Å². The second kappa shape index (κ2) is 5.14. The average Bonchev–Trinajstić information content (AvgIpc) is 2.81. The summed E-state index contributed by atoms with van der Waals surface area (Å²) in [6.45, 7) is 0.0968. The number of furan rings is 1. The van der Waals surface area contributed by atoms with Crippen molar-refractivity contribution in [2.45, 2.75) is 6.42 Å². The van der Waals surface area contributed by atoms with E-state index in [1.54, 1.807) is 6.26 Å². The number of aliphatic hydroxyl groups is 1. The summed E-state index contributed by atoms with van der Waals surface area (Å²) in [6, 6.07) is 7.76. The lowest BCUT2D eigenvalue weighted by atomic mass is 10.0. The van der Waals surface area contributed by atoms with Crippen LogP contribution in [0, 0.1) is 0 Å². The third-order valence-corrected chi connectivity index (χ3v) is 2.92. The summed E-state index contributed by atoms with van der Waals surface area (Å²) >= 11 is 0. The highest BCUT2D eigenvalue weighted by molar-refractivity contribution is 5.84. The average molecular weight is 246 g/mol. The van der Waals surface area contributed by atoms with Crippen molar-refractivity contribution in [3.63, 3.8) is 0 Å². The number of rotatable bonds is 4. The first kappa shape index (κ1) is 12.5. The molecule has 1 heterocycles. The maximum Gasteiger partial charge on any atom is 0.202 e. The Morgan fingerprint density at radius 3 is 2.67 bits per heavy atom. The van der Waals surface area contributed by atoms with Crippen LogP contribution in [0.15, 0.2) is 34.9 Å². The number of anilines is 2. The highest BCUT2D eigenvalue weighted by atomic mass is 16.3. The molecular formula is C14H18N2O2. The molecule has 0 amide bonds. The summed E-state index contributed by atoms with van der Waals surface area (Å²) in [5.74, 6) is 0.780. The van der Waals surface area contributed by atoms with Gasteiger partial charge in [-0.1, -0.05) is 18.2 Å². The molecule has 0 bridgehead atoms. The molecule has 2 aromatic rings. The Labute approximate surface area is 107 Å². The van der Waals surface area contributed by atoms with E-state index in [1.165, 1.54) is 0 Å². The Hall–Kier alpha value is -1.94. The Morgan fingerprint density at radius 1 is 1.22 bits per heavy atom. The maximum absolute atomic E-state index is 9.03. The zero-order chi connectivity index (χ0) is 13.1. The number of nitrogens with zero attached hydrogens (tertiary/aromatic N) is 1. The van der Waals surface area contributed by atoms with Crippen molar-refractivity contribution < 1.29 is 9.52 Å². The largest absolute Gasteiger partial charge is 0.448 e. The van der Waals surface area contributed by atoms with Gasteiger partial charge in [0.1, 0.15) is 0 Å². The van der Waals surface area contributed by atoms with Crippen LogP contribution in [0.4, 0.5) is 11.6 Å². The molecule has 2 rings (SSSR count). The molecular weight excluding hydrogens is 228 g/mol. The number of benzene rings is 1. The van der Waals surface area contributed by atoms with Gasteiger partial charge < -0.3 is 20.2 Å². The van der Waals surface area contributed by atoms with Gasteiger partial charge >= 0.3 is 0 Å². The minimum Gasteiger partial charge on any atom is -0.448 e. The molecule has 0 fully saturated rings. The summed E-state index contributed by atoms with van der Waals surface area (Å²) in [5, 5.41) is 9.03. The van der Waals surface area contributed by atoms with E-state index in [0.29, 0.717) is 12.1 Å². The smallest absolute Gasteiger partial charge is 0.202 e. The van der Waals surface area contributed by atoms with E-state index >= 15 is 0 Å². The zero-order valence-electron chi connectivity index (χ0n) is 10.7. The van der Waals surface area contributed by atoms with Gasteiger partial charge in [-0.15, -0.1) is 0 Å². The molecule has 0 aliphatic rings. The first-order valence-corrected chi connectivity index (χ1v) is 5.88. The predicted octanol–water partition coefficient (Wildman–Crippen LogP) is 2.13. The van der Waals surface area contributed by atoms with Crippen LogP contribution >= 0.6 is 0 Å². The molecule has 96 valence electrons. The van der Waals surface area contributed by atoms with Crippen LogP contribution in [-0.2, 0) is 6.42 Å². The number of nitrogens with two attached hydrogens (primary N) is 1. The van der Waals surface area contributed by atoms with Crippen LogP contribution in [0.25, 0.3) is 11.1 Å². The quantitative estimate of drug-likeness (QED) is 0.811. The number of nitrogen functional groups attached to an aromatic ring is 1. The SMILES string of the molecule is CN(C)c1occc1-c1cccc(CCO)c1N. The van der Waals surface area contributed by atoms with Crippen LogP contribution in [0.5, 0.6) is 0 Å². The van der Waals surface area contributed by atoms with Crippen molar-refractivity contribution in [1.82, 2.24) is 0 Å². The van der Waals surface area contributed by atoms with Gasteiger partial charge in [0, 0.05) is 37.5 Å². The van der Waals surface area contributed by atoms with E-state index in [1.807, 2.05) is 43.3 Å². The van der Waals surface area contributed by atoms with Crippen molar-refractivity contribution >= 4 is 11.6 Å². The maximum atomic E-state index is 9.03. The third-order valence-electron chi connectivity index (χ3n) is 2.92. The Kier molecular flexibility index (Phi) is 3.58. The van der Waals surface area contributed by atoms with Crippen LogP contribution in [0.1, 0.15) is 5.56 Å². The molecule has 0 spiro atoms. The molecule has 0 aliphatic heterocycles. The summed E-state index contributed by atoms with van der Waals surface area (Å²) in [7, 11) is 3.85. The van der Waals surface area contributed by atoms with E-state index in [-0.39, 0.29) is 6.61 Å². The van der Waals surface area contributed by atoms with Crippen LogP contribution in [-0.4, -0.2) is 25.8 Å². The van der Waals surface area contributed by atoms with Crippen molar-refractivity contribution in [3.8, 4) is 11.1 Å². The first-order chi connectivity index (χ1) is 8.65. The van der Waals surface area contributed by atoms with Crippen molar-refractivity contribution in [2.75, 3.05) is 31.3 Å². The van der Waals surface area contributed by atoms with E-state index in [4.69, 9.17) is 15.3 Å². The molecule has 1 aromatic carbocycles. The van der Waals surface area contributed by atoms with Crippen molar-refractivity contribution in [2.24, 2.45) is 0 Å². The number of aliphatic hydroxyl groups excluding tert-OH is 1. The van der Waals surface area contributed by atoms with Crippen molar-refractivity contribution in [1.29, 1.82) is 0 Å². The second-order valence-corrected chi connectivity index (χ2v) is 4.39. The van der Waals surface area contributed by atoms with Crippen LogP contribution in [0.2, 0.25) is 0 Å². The zero-order valence-corrected chi connectivity index (χ0v) is 10.7. The van der Waals surface area contributed by atoms with E-state index in [0.717, 1.165) is 22.6 Å². The first-order valence-electron chi connectivity index (χ1n) is 5.88. The molecule has 0 unspecified atom stereocenters. The highest BCUT2D eigenvalue weighted by Crippen LogP contribution is 2.36. The minimum atomic E-state index is 0.0968. The Bertz CT molecular complexity index is 532. The van der Waals surface area contributed by atoms with Crippen LogP contribution in [0.3, 0.4) is 0 Å². The molecule has 1 aromatic heterocycles. The molecule has 0 aliphatic carbocycles. The Balaban J connectivity index is 2.50. The fourth-order valence-corrected chi connectivity index (χ4v) is 2.04.